The topological polar surface area (TPSA) is 73.0 Å². The van der Waals surface area contributed by atoms with E-state index in [2.05, 4.69) is 38.0 Å². The normalized spacial score (nSPS) is 13.5. The van der Waals surface area contributed by atoms with E-state index < -0.39 is 4.92 Å². The lowest BCUT2D eigenvalue weighted by Gasteiger charge is -2.27. The van der Waals surface area contributed by atoms with Crippen molar-refractivity contribution in [2.75, 3.05) is 11.9 Å². The quantitative estimate of drug-likeness (QED) is 0.648. The predicted octanol–water partition coefficient (Wildman–Crippen LogP) is 2.42. The summed E-state index contributed by atoms with van der Waals surface area (Å²) in [7, 11) is 1.74. The highest BCUT2D eigenvalue weighted by molar-refractivity contribution is 5.51. The molecule has 1 aromatic heterocycles. The predicted molar refractivity (Wildman–Crippen MR) is 67.0 cm³/mol. The van der Waals surface area contributed by atoms with Crippen molar-refractivity contribution in [3.63, 3.8) is 0 Å². The van der Waals surface area contributed by atoms with Gasteiger partial charge in [0.2, 0.25) is 12.1 Å². The molecule has 1 unspecified atom stereocenters. The summed E-state index contributed by atoms with van der Waals surface area (Å²) in [4.78, 5) is 14.1. The van der Waals surface area contributed by atoms with Crippen molar-refractivity contribution in [3.05, 3.63) is 16.4 Å². The van der Waals surface area contributed by atoms with Gasteiger partial charge >= 0.3 is 5.82 Å². The Balaban J connectivity index is 2.76. The third kappa shape index (κ3) is 3.18. The van der Waals surface area contributed by atoms with Crippen molar-refractivity contribution in [1.29, 1.82) is 0 Å². The first-order valence-electron chi connectivity index (χ1n) is 5.63. The smallest absolute Gasteiger partial charge is 0.364 e. The Morgan fingerprint density at radius 1 is 1.59 bits per heavy atom. The van der Waals surface area contributed by atoms with E-state index in [1.54, 1.807) is 11.6 Å². The minimum Gasteiger partial charge on any atom is -0.364 e. The van der Waals surface area contributed by atoms with Gasteiger partial charge in [-0.2, -0.15) is 0 Å². The van der Waals surface area contributed by atoms with Crippen molar-refractivity contribution in [2.24, 2.45) is 18.4 Å². The summed E-state index contributed by atoms with van der Waals surface area (Å²) >= 11 is 0. The van der Waals surface area contributed by atoms with E-state index in [1.807, 2.05) is 0 Å². The van der Waals surface area contributed by atoms with Gasteiger partial charge in [-0.15, -0.1) is 0 Å². The van der Waals surface area contributed by atoms with Gasteiger partial charge in [-0.3, -0.25) is 4.57 Å². The Morgan fingerprint density at radius 2 is 2.18 bits per heavy atom. The molecular weight excluding hydrogens is 220 g/mol. The molecule has 1 heterocycles. The Morgan fingerprint density at radius 3 is 2.65 bits per heavy atom. The van der Waals surface area contributed by atoms with Gasteiger partial charge in [-0.1, -0.05) is 27.7 Å². The molecular formula is C11H20N4O2. The molecule has 0 amide bonds. The fraction of sp³-hybridized carbons (Fsp3) is 0.727. The van der Waals surface area contributed by atoms with Gasteiger partial charge in [0.25, 0.3) is 0 Å². The molecule has 1 N–H and O–H groups in total. The van der Waals surface area contributed by atoms with Crippen molar-refractivity contribution in [3.8, 4) is 0 Å². The maximum atomic E-state index is 10.8. The molecule has 0 bridgehead atoms. The SMILES string of the molecule is CC(CNc1c([N+](=O)[O-])ncn1C)C(C)(C)C. The molecule has 1 rings (SSSR count). The first-order valence-corrected chi connectivity index (χ1v) is 5.63. The Labute approximate surface area is 101 Å². The molecule has 0 aliphatic rings. The van der Waals surface area contributed by atoms with Crippen LogP contribution in [0.25, 0.3) is 0 Å². The molecule has 6 heteroatoms. The van der Waals surface area contributed by atoms with E-state index in [0.717, 1.165) is 0 Å². The summed E-state index contributed by atoms with van der Waals surface area (Å²) in [6, 6.07) is 0. The zero-order valence-electron chi connectivity index (χ0n) is 11.0. The van der Waals surface area contributed by atoms with Gasteiger partial charge < -0.3 is 15.4 Å². The summed E-state index contributed by atoms with van der Waals surface area (Å²) in [5.74, 6) is 0.747. The number of aromatic nitrogens is 2. The summed E-state index contributed by atoms with van der Waals surface area (Å²) < 4.78 is 1.63. The Bertz CT molecular complexity index is 406. The van der Waals surface area contributed by atoms with Crippen LogP contribution in [-0.4, -0.2) is 21.0 Å². The van der Waals surface area contributed by atoms with Crippen molar-refractivity contribution in [2.45, 2.75) is 27.7 Å². The van der Waals surface area contributed by atoms with Crippen LogP contribution in [0.2, 0.25) is 0 Å². The largest absolute Gasteiger partial charge is 0.406 e. The monoisotopic (exact) mass is 240 g/mol. The number of imidazole rings is 1. The number of aryl methyl sites for hydroxylation is 1. The average Bonchev–Trinajstić information content (AvgIpc) is 2.54. The van der Waals surface area contributed by atoms with Crippen LogP contribution >= 0.6 is 0 Å². The zero-order valence-corrected chi connectivity index (χ0v) is 11.0. The third-order valence-corrected chi connectivity index (χ3v) is 3.14. The lowest BCUT2D eigenvalue weighted by Crippen LogP contribution is -2.25. The van der Waals surface area contributed by atoms with E-state index in [-0.39, 0.29) is 11.2 Å². The summed E-state index contributed by atoms with van der Waals surface area (Å²) in [6.07, 6.45) is 1.45. The van der Waals surface area contributed by atoms with Crippen LogP contribution in [0.3, 0.4) is 0 Å². The number of nitrogens with zero attached hydrogens (tertiary/aromatic N) is 3. The van der Waals surface area contributed by atoms with Gasteiger partial charge in [0.1, 0.15) is 0 Å². The maximum absolute atomic E-state index is 10.8. The van der Waals surface area contributed by atoms with E-state index in [1.165, 1.54) is 6.33 Å². The molecule has 6 nitrogen and oxygen atoms in total. The molecule has 0 aliphatic carbocycles. The molecule has 0 fully saturated rings. The number of hydrogen-bond donors (Lipinski definition) is 1. The molecule has 17 heavy (non-hydrogen) atoms. The van der Waals surface area contributed by atoms with Gasteiger partial charge in [0, 0.05) is 13.6 Å². The highest BCUT2D eigenvalue weighted by Crippen LogP contribution is 2.27. The van der Waals surface area contributed by atoms with E-state index >= 15 is 0 Å². The second-order valence-electron chi connectivity index (χ2n) is 5.43. The second-order valence-corrected chi connectivity index (χ2v) is 5.43. The minimum absolute atomic E-state index is 0.117. The lowest BCUT2D eigenvalue weighted by molar-refractivity contribution is -0.388. The molecule has 1 atom stereocenters. The van der Waals surface area contributed by atoms with Crippen LogP contribution < -0.4 is 5.32 Å². The van der Waals surface area contributed by atoms with Crippen molar-refractivity contribution in [1.82, 2.24) is 9.55 Å². The van der Waals surface area contributed by atoms with Crippen LogP contribution in [0, 0.1) is 21.4 Å². The van der Waals surface area contributed by atoms with Gasteiger partial charge in [0.05, 0.1) is 0 Å². The molecule has 96 valence electrons. The highest BCUT2D eigenvalue weighted by atomic mass is 16.6. The van der Waals surface area contributed by atoms with Crippen LogP contribution in [0.4, 0.5) is 11.6 Å². The maximum Gasteiger partial charge on any atom is 0.406 e. The molecule has 0 radical (unpaired) electrons. The number of nitrogens with one attached hydrogen (secondary N) is 1. The Kier molecular flexibility index (Phi) is 3.75. The fourth-order valence-corrected chi connectivity index (χ4v) is 1.31. The van der Waals surface area contributed by atoms with Gasteiger partial charge in [-0.05, 0) is 21.2 Å². The lowest BCUT2D eigenvalue weighted by atomic mass is 9.82. The third-order valence-electron chi connectivity index (χ3n) is 3.14. The van der Waals surface area contributed by atoms with Crippen LogP contribution in [0.15, 0.2) is 6.33 Å². The summed E-state index contributed by atoms with van der Waals surface area (Å²) in [6.45, 7) is 9.25. The average molecular weight is 240 g/mol. The van der Waals surface area contributed by atoms with Crippen LogP contribution in [-0.2, 0) is 7.05 Å². The molecule has 0 aliphatic heterocycles. The number of anilines is 1. The highest BCUT2D eigenvalue weighted by Gasteiger charge is 2.23. The van der Waals surface area contributed by atoms with Crippen LogP contribution in [0.1, 0.15) is 27.7 Å². The van der Waals surface area contributed by atoms with E-state index in [0.29, 0.717) is 18.3 Å². The van der Waals surface area contributed by atoms with E-state index in [9.17, 15) is 10.1 Å². The molecule has 0 saturated carbocycles. The van der Waals surface area contributed by atoms with Crippen LogP contribution in [0.5, 0.6) is 0 Å². The standard InChI is InChI=1S/C11H20N4O2/c1-8(11(2,3)4)6-12-9-10(15(16)17)13-7-14(9)5/h7-8,12H,6H2,1-5H3. The number of hydrogen-bond acceptors (Lipinski definition) is 4. The zero-order chi connectivity index (χ0) is 13.2. The summed E-state index contributed by atoms with van der Waals surface area (Å²) in [5, 5.41) is 13.9. The molecule has 0 spiro atoms. The number of rotatable bonds is 4. The fourth-order valence-electron chi connectivity index (χ4n) is 1.31. The van der Waals surface area contributed by atoms with Crippen molar-refractivity contribution < 1.29 is 4.92 Å². The summed E-state index contributed by atoms with van der Waals surface area (Å²) in [5.41, 5.74) is 0.167. The second kappa shape index (κ2) is 4.73. The van der Waals surface area contributed by atoms with Gasteiger partial charge in [0.15, 0.2) is 0 Å². The first-order chi connectivity index (χ1) is 7.73. The van der Waals surface area contributed by atoms with E-state index in [4.69, 9.17) is 0 Å². The minimum atomic E-state index is -0.468. The molecule has 0 aromatic carbocycles. The number of nitro groups is 1. The Hall–Kier alpha value is -1.59. The van der Waals surface area contributed by atoms with Gasteiger partial charge in [-0.25, -0.2) is 0 Å². The van der Waals surface area contributed by atoms with Crippen molar-refractivity contribution >= 4 is 11.6 Å². The molecule has 0 saturated heterocycles. The first kappa shape index (κ1) is 13.5. The molecule has 1 aromatic rings.